The zero-order chi connectivity index (χ0) is 16.2. The second kappa shape index (κ2) is 7.13. The Kier molecular flexibility index (Phi) is 4.96. The molecule has 0 saturated carbocycles. The molecule has 2 aromatic rings. The summed E-state index contributed by atoms with van der Waals surface area (Å²) in [4.78, 5) is 13.0. The molecule has 0 spiro atoms. The van der Waals surface area contributed by atoms with E-state index in [4.69, 9.17) is 4.99 Å². The van der Waals surface area contributed by atoms with Crippen molar-refractivity contribution in [2.45, 2.75) is 40.3 Å². The molecule has 0 atom stereocenters. The summed E-state index contributed by atoms with van der Waals surface area (Å²) < 4.78 is 0. The zero-order valence-corrected chi connectivity index (χ0v) is 14.9. The van der Waals surface area contributed by atoms with Gasteiger partial charge in [0.15, 0.2) is 5.96 Å². The van der Waals surface area contributed by atoms with Crippen LogP contribution in [0.25, 0.3) is 0 Å². The molecule has 1 aromatic carbocycles. The van der Waals surface area contributed by atoms with Gasteiger partial charge in [-0.05, 0) is 38.3 Å². The van der Waals surface area contributed by atoms with Crippen LogP contribution in [0.3, 0.4) is 0 Å². The van der Waals surface area contributed by atoms with Crippen LogP contribution >= 0.6 is 11.3 Å². The van der Waals surface area contributed by atoms with Gasteiger partial charge in [-0.3, -0.25) is 0 Å². The van der Waals surface area contributed by atoms with E-state index in [-0.39, 0.29) is 0 Å². The molecule has 0 fully saturated rings. The average Bonchev–Trinajstić information content (AvgIpc) is 2.88. The molecule has 0 unspecified atom stereocenters. The number of guanidine groups is 1. The lowest BCUT2D eigenvalue weighted by atomic mass is 10.0. The van der Waals surface area contributed by atoms with Crippen LogP contribution in [0, 0.1) is 13.8 Å². The third-order valence-electron chi connectivity index (χ3n) is 4.14. The quantitative estimate of drug-likeness (QED) is 0.694. The number of rotatable bonds is 3. The molecular formula is C18H24N4S. The number of hydrogen-bond acceptors (Lipinski definition) is 3. The van der Waals surface area contributed by atoms with E-state index in [2.05, 4.69) is 60.2 Å². The maximum Gasteiger partial charge on any atom is 0.194 e. The Labute approximate surface area is 142 Å². The first-order valence-electron chi connectivity index (χ1n) is 8.20. The van der Waals surface area contributed by atoms with Gasteiger partial charge in [-0.25, -0.2) is 9.98 Å². The minimum atomic E-state index is 0.706. The van der Waals surface area contributed by atoms with Crippen molar-refractivity contribution in [3.05, 3.63) is 51.0 Å². The number of aryl methyl sites for hydroxylation is 2. The molecule has 3 rings (SSSR count). The standard InChI is InChI=1S/C18H24N4S/c1-4-19-18(20-11-17-13(2)21-14(3)23-17)22-10-9-15-7-5-6-8-16(15)12-22/h5-8H,4,9-12H2,1-3H3,(H,19,20). The number of fused-ring (bicyclic) bond motifs is 1. The number of aliphatic imine (C=N–C) groups is 1. The maximum absolute atomic E-state index is 4.86. The van der Waals surface area contributed by atoms with Gasteiger partial charge in [0.2, 0.25) is 0 Å². The average molecular weight is 328 g/mol. The number of benzene rings is 1. The van der Waals surface area contributed by atoms with Crippen molar-refractivity contribution < 1.29 is 0 Å². The maximum atomic E-state index is 4.86. The molecule has 1 aliphatic heterocycles. The fourth-order valence-corrected chi connectivity index (χ4v) is 3.83. The summed E-state index contributed by atoms with van der Waals surface area (Å²) >= 11 is 1.75. The monoisotopic (exact) mass is 328 g/mol. The van der Waals surface area contributed by atoms with Gasteiger partial charge >= 0.3 is 0 Å². The smallest absolute Gasteiger partial charge is 0.194 e. The molecule has 1 aromatic heterocycles. The van der Waals surface area contributed by atoms with Crippen LogP contribution in [0.1, 0.15) is 33.6 Å². The lowest BCUT2D eigenvalue weighted by molar-refractivity contribution is 0.378. The molecule has 0 aliphatic carbocycles. The van der Waals surface area contributed by atoms with Crippen molar-refractivity contribution in [2.75, 3.05) is 13.1 Å². The summed E-state index contributed by atoms with van der Waals surface area (Å²) in [5.41, 5.74) is 3.98. The number of aromatic nitrogens is 1. The van der Waals surface area contributed by atoms with Crippen LogP contribution in [-0.2, 0) is 19.5 Å². The van der Waals surface area contributed by atoms with Crippen LogP contribution in [0.4, 0.5) is 0 Å². The molecule has 4 nitrogen and oxygen atoms in total. The third kappa shape index (κ3) is 3.72. The highest BCUT2D eigenvalue weighted by Gasteiger charge is 2.18. The molecule has 122 valence electrons. The van der Waals surface area contributed by atoms with Gasteiger partial charge in [-0.1, -0.05) is 24.3 Å². The molecule has 5 heteroatoms. The molecule has 0 radical (unpaired) electrons. The first kappa shape index (κ1) is 16.0. The topological polar surface area (TPSA) is 40.5 Å². The minimum Gasteiger partial charge on any atom is -0.356 e. The van der Waals surface area contributed by atoms with Crippen LogP contribution in [0.5, 0.6) is 0 Å². The van der Waals surface area contributed by atoms with Crippen LogP contribution in [0.15, 0.2) is 29.3 Å². The van der Waals surface area contributed by atoms with Crippen molar-refractivity contribution in [3.63, 3.8) is 0 Å². The van der Waals surface area contributed by atoms with Gasteiger partial charge in [-0.2, -0.15) is 0 Å². The predicted octanol–water partition coefficient (Wildman–Crippen LogP) is 3.28. The van der Waals surface area contributed by atoms with Gasteiger partial charge in [0.25, 0.3) is 0 Å². The van der Waals surface area contributed by atoms with Crippen molar-refractivity contribution in [3.8, 4) is 0 Å². The van der Waals surface area contributed by atoms with E-state index in [9.17, 15) is 0 Å². The van der Waals surface area contributed by atoms with Gasteiger partial charge in [0.05, 0.1) is 17.2 Å². The van der Waals surface area contributed by atoms with E-state index in [1.54, 1.807) is 11.3 Å². The Balaban J connectivity index is 1.76. The Hall–Kier alpha value is -1.88. The summed E-state index contributed by atoms with van der Waals surface area (Å²) in [5, 5.41) is 4.56. The second-order valence-corrected chi connectivity index (χ2v) is 7.14. The van der Waals surface area contributed by atoms with Gasteiger partial charge in [0, 0.05) is 24.5 Å². The predicted molar refractivity (Wildman–Crippen MR) is 97.0 cm³/mol. The van der Waals surface area contributed by atoms with E-state index in [0.29, 0.717) is 6.54 Å². The van der Waals surface area contributed by atoms with Crippen molar-refractivity contribution >= 4 is 17.3 Å². The molecule has 0 amide bonds. The van der Waals surface area contributed by atoms with Gasteiger partial charge in [0.1, 0.15) is 0 Å². The van der Waals surface area contributed by atoms with E-state index in [1.165, 1.54) is 16.0 Å². The molecule has 0 saturated heterocycles. The SMILES string of the molecule is CCNC(=NCc1sc(C)nc1C)N1CCc2ccccc2C1. The fraction of sp³-hybridized carbons (Fsp3) is 0.444. The van der Waals surface area contributed by atoms with Gasteiger partial charge < -0.3 is 10.2 Å². The second-order valence-electron chi connectivity index (χ2n) is 5.85. The third-order valence-corrected chi connectivity index (χ3v) is 5.19. The highest BCUT2D eigenvalue weighted by Crippen LogP contribution is 2.20. The van der Waals surface area contributed by atoms with Crippen LogP contribution in [0.2, 0.25) is 0 Å². The highest BCUT2D eigenvalue weighted by molar-refractivity contribution is 7.11. The highest BCUT2D eigenvalue weighted by atomic mass is 32.1. The molecular weight excluding hydrogens is 304 g/mol. The summed E-state index contributed by atoms with van der Waals surface area (Å²) in [7, 11) is 0. The van der Waals surface area contributed by atoms with Crippen molar-refractivity contribution in [1.82, 2.24) is 15.2 Å². The largest absolute Gasteiger partial charge is 0.356 e. The molecule has 2 heterocycles. The number of nitrogens with zero attached hydrogens (tertiary/aromatic N) is 3. The summed E-state index contributed by atoms with van der Waals surface area (Å²) in [6.45, 7) is 9.79. The van der Waals surface area contributed by atoms with Crippen LogP contribution < -0.4 is 5.32 Å². The van der Waals surface area contributed by atoms with E-state index >= 15 is 0 Å². The Morgan fingerprint density at radius 1 is 1.30 bits per heavy atom. The van der Waals surface area contributed by atoms with E-state index in [0.717, 1.165) is 42.7 Å². The molecule has 1 N–H and O–H groups in total. The Bertz CT molecular complexity index is 705. The number of thiazole rings is 1. The van der Waals surface area contributed by atoms with E-state index < -0.39 is 0 Å². The van der Waals surface area contributed by atoms with Crippen LogP contribution in [-0.4, -0.2) is 28.9 Å². The molecule has 1 aliphatic rings. The summed E-state index contributed by atoms with van der Waals surface area (Å²) in [6.07, 6.45) is 1.08. The number of nitrogens with one attached hydrogen (secondary N) is 1. The normalized spacial score (nSPS) is 14.7. The fourth-order valence-electron chi connectivity index (χ4n) is 2.97. The summed E-state index contributed by atoms with van der Waals surface area (Å²) in [5.74, 6) is 1.01. The molecule has 0 bridgehead atoms. The Morgan fingerprint density at radius 2 is 2.09 bits per heavy atom. The lowest BCUT2D eigenvalue weighted by Gasteiger charge is -2.31. The first-order chi connectivity index (χ1) is 11.2. The van der Waals surface area contributed by atoms with Gasteiger partial charge in [-0.15, -0.1) is 11.3 Å². The first-order valence-corrected chi connectivity index (χ1v) is 9.02. The minimum absolute atomic E-state index is 0.706. The van der Waals surface area contributed by atoms with Crippen molar-refractivity contribution in [1.29, 1.82) is 0 Å². The number of hydrogen-bond donors (Lipinski definition) is 1. The van der Waals surface area contributed by atoms with Crippen molar-refractivity contribution in [2.24, 2.45) is 4.99 Å². The summed E-state index contributed by atoms with van der Waals surface area (Å²) in [6, 6.07) is 8.71. The Morgan fingerprint density at radius 3 is 2.78 bits per heavy atom. The lowest BCUT2D eigenvalue weighted by Crippen LogP contribution is -2.44. The molecule has 23 heavy (non-hydrogen) atoms. The van der Waals surface area contributed by atoms with E-state index in [1.807, 2.05) is 0 Å². The zero-order valence-electron chi connectivity index (χ0n) is 14.1.